The fourth-order valence-electron chi connectivity index (χ4n) is 3.46. The predicted octanol–water partition coefficient (Wildman–Crippen LogP) is 6.27. The highest BCUT2D eigenvalue weighted by molar-refractivity contribution is 5.84. The largest absolute Gasteiger partial charge is 0.506 e. The average Bonchev–Trinajstić information content (AvgIpc) is 3.21. The van der Waals surface area contributed by atoms with Gasteiger partial charge in [-0.15, -0.1) is 0 Å². The third-order valence-corrected chi connectivity index (χ3v) is 4.98. The van der Waals surface area contributed by atoms with Crippen LogP contribution in [0.15, 0.2) is 97.1 Å². The summed E-state index contributed by atoms with van der Waals surface area (Å²) >= 11 is 0. The number of imidazole rings is 1. The van der Waals surface area contributed by atoms with Crippen molar-refractivity contribution in [3.63, 3.8) is 0 Å². The Morgan fingerprint density at radius 3 is 1.64 bits per heavy atom. The Balaban J connectivity index is 1.43. The number of fused-ring (bicyclic) bond motifs is 1. The van der Waals surface area contributed by atoms with E-state index in [1.54, 1.807) is 6.07 Å². The van der Waals surface area contributed by atoms with Crippen LogP contribution in [0.25, 0.3) is 44.7 Å². The van der Waals surface area contributed by atoms with E-state index in [2.05, 4.69) is 82.8 Å². The number of H-pyrrole nitrogens is 1. The SMILES string of the molecule is Oc1cccc2[nH]c(-c3ccc(-c4ccc(-c5ccccc5)cc4)cc3)nc12. The first-order valence-electron chi connectivity index (χ1n) is 9.22. The molecule has 2 N–H and O–H groups in total. The molecule has 0 saturated carbocycles. The van der Waals surface area contributed by atoms with Gasteiger partial charge in [-0.3, -0.25) is 0 Å². The van der Waals surface area contributed by atoms with Gasteiger partial charge in [0.2, 0.25) is 0 Å². The molecule has 1 heterocycles. The van der Waals surface area contributed by atoms with Gasteiger partial charge in [-0.05, 0) is 34.4 Å². The smallest absolute Gasteiger partial charge is 0.143 e. The number of nitrogens with one attached hydrogen (secondary N) is 1. The molecular weight excluding hydrogens is 344 g/mol. The normalized spacial score (nSPS) is 11.0. The lowest BCUT2D eigenvalue weighted by Gasteiger charge is -2.06. The van der Waals surface area contributed by atoms with Gasteiger partial charge in [-0.2, -0.15) is 0 Å². The molecule has 0 saturated heterocycles. The molecule has 1 aromatic heterocycles. The van der Waals surface area contributed by atoms with Crippen LogP contribution in [0.4, 0.5) is 0 Å². The molecule has 0 aliphatic carbocycles. The quantitative estimate of drug-likeness (QED) is 0.397. The lowest BCUT2D eigenvalue weighted by Crippen LogP contribution is -1.83. The number of phenolic OH excluding ortho intramolecular Hbond substituents is 1. The number of aromatic amines is 1. The van der Waals surface area contributed by atoms with Crippen molar-refractivity contribution in [3.8, 4) is 39.4 Å². The number of para-hydroxylation sites is 1. The predicted molar refractivity (Wildman–Crippen MR) is 114 cm³/mol. The molecule has 0 aliphatic heterocycles. The van der Waals surface area contributed by atoms with Crippen molar-refractivity contribution in [1.82, 2.24) is 9.97 Å². The zero-order valence-corrected chi connectivity index (χ0v) is 15.1. The van der Waals surface area contributed by atoms with Crippen molar-refractivity contribution in [1.29, 1.82) is 0 Å². The zero-order chi connectivity index (χ0) is 18.9. The van der Waals surface area contributed by atoms with Crippen molar-refractivity contribution in [2.45, 2.75) is 0 Å². The summed E-state index contributed by atoms with van der Waals surface area (Å²) in [7, 11) is 0. The molecule has 0 aliphatic rings. The lowest BCUT2D eigenvalue weighted by atomic mass is 9.99. The Kier molecular flexibility index (Phi) is 3.91. The Morgan fingerprint density at radius 2 is 1.07 bits per heavy atom. The molecule has 0 spiro atoms. The fraction of sp³-hybridized carbons (Fsp3) is 0. The van der Waals surface area contributed by atoms with Crippen LogP contribution >= 0.6 is 0 Å². The summed E-state index contributed by atoms with van der Waals surface area (Å²) < 4.78 is 0. The molecule has 3 heteroatoms. The lowest BCUT2D eigenvalue weighted by molar-refractivity contribution is 0.480. The maximum atomic E-state index is 9.95. The van der Waals surface area contributed by atoms with Crippen LogP contribution in [0.1, 0.15) is 0 Å². The van der Waals surface area contributed by atoms with Gasteiger partial charge in [0.15, 0.2) is 0 Å². The van der Waals surface area contributed by atoms with Crippen LogP contribution in [-0.4, -0.2) is 15.1 Å². The van der Waals surface area contributed by atoms with Gasteiger partial charge in [-0.1, -0.05) is 84.9 Å². The molecule has 0 atom stereocenters. The van der Waals surface area contributed by atoms with E-state index >= 15 is 0 Å². The van der Waals surface area contributed by atoms with Gasteiger partial charge < -0.3 is 10.1 Å². The summed E-state index contributed by atoms with van der Waals surface area (Å²) in [5.74, 6) is 0.942. The van der Waals surface area contributed by atoms with Crippen LogP contribution in [-0.2, 0) is 0 Å². The van der Waals surface area contributed by atoms with Crippen LogP contribution < -0.4 is 0 Å². The van der Waals surface area contributed by atoms with E-state index in [4.69, 9.17) is 0 Å². The van der Waals surface area contributed by atoms with E-state index < -0.39 is 0 Å². The van der Waals surface area contributed by atoms with Gasteiger partial charge in [0, 0.05) is 5.56 Å². The maximum Gasteiger partial charge on any atom is 0.143 e. The number of hydrogen-bond acceptors (Lipinski definition) is 2. The Hall–Kier alpha value is -3.85. The molecule has 5 aromatic rings. The van der Waals surface area contributed by atoms with Crippen molar-refractivity contribution in [3.05, 3.63) is 97.1 Å². The molecule has 28 heavy (non-hydrogen) atoms. The van der Waals surface area contributed by atoms with E-state index in [1.807, 2.05) is 18.2 Å². The second kappa shape index (κ2) is 6.71. The molecule has 5 rings (SSSR count). The monoisotopic (exact) mass is 362 g/mol. The van der Waals surface area contributed by atoms with E-state index in [0.717, 1.165) is 22.5 Å². The van der Waals surface area contributed by atoms with Gasteiger partial charge in [0.25, 0.3) is 0 Å². The number of phenols is 1. The van der Waals surface area contributed by atoms with E-state index in [1.165, 1.54) is 16.7 Å². The van der Waals surface area contributed by atoms with Crippen molar-refractivity contribution >= 4 is 11.0 Å². The molecule has 0 bridgehead atoms. The number of nitrogens with zero attached hydrogens (tertiary/aromatic N) is 1. The molecule has 4 aromatic carbocycles. The zero-order valence-electron chi connectivity index (χ0n) is 15.1. The van der Waals surface area contributed by atoms with Gasteiger partial charge >= 0.3 is 0 Å². The first kappa shape index (κ1) is 16.3. The van der Waals surface area contributed by atoms with Crippen molar-refractivity contribution < 1.29 is 5.11 Å². The average molecular weight is 362 g/mol. The second-order valence-electron chi connectivity index (χ2n) is 6.78. The van der Waals surface area contributed by atoms with E-state index in [9.17, 15) is 5.11 Å². The number of aromatic hydroxyl groups is 1. The van der Waals surface area contributed by atoms with E-state index in [-0.39, 0.29) is 5.75 Å². The third kappa shape index (κ3) is 2.93. The number of rotatable bonds is 3. The first-order chi connectivity index (χ1) is 13.8. The summed E-state index contributed by atoms with van der Waals surface area (Å²) in [5, 5.41) is 9.95. The van der Waals surface area contributed by atoms with Crippen LogP contribution in [0, 0.1) is 0 Å². The number of benzene rings is 4. The molecule has 0 unspecified atom stereocenters. The molecular formula is C25H18N2O. The standard InChI is InChI=1S/C25H18N2O/c28-23-8-4-7-22-24(23)27-25(26-22)21-15-13-20(14-16-21)19-11-9-18(10-12-19)17-5-2-1-3-6-17/h1-16,28H,(H,26,27). The summed E-state index contributed by atoms with van der Waals surface area (Å²) in [5.41, 5.74) is 7.17. The van der Waals surface area contributed by atoms with Gasteiger partial charge in [0.05, 0.1) is 5.52 Å². The summed E-state index contributed by atoms with van der Waals surface area (Å²) in [6.45, 7) is 0. The first-order valence-corrected chi connectivity index (χ1v) is 9.22. The minimum absolute atomic E-state index is 0.190. The number of hydrogen-bond donors (Lipinski definition) is 2. The second-order valence-corrected chi connectivity index (χ2v) is 6.78. The van der Waals surface area contributed by atoms with Crippen molar-refractivity contribution in [2.24, 2.45) is 0 Å². The molecule has 0 radical (unpaired) electrons. The molecule has 0 fully saturated rings. The maximum absolute atomic E-state index is 9.95. The van der Waals surface area contributed by atoms with E-state index in [0.29, 0.717) is 5.52 Å². The third-order valence-electron chi connectivity index (χ3n) is 4.98. The highest BCUT2D eigenvalue weighted by Crippen LogP contribution is 2.29. The number of aromatic nitrogens is 2. The minimum atomic E-state index is 0.190. The minimum Gasteiger partial charge on any atom is -0.506 e. The summed E-state index contributed by atoms with van der Waals surface area (Å²) in [6, 6.07) is 32.6. The van der Waals surface area contributed by atoms with Gasteiger partial charge in [-0.25, -0.2) is 4.98 Å². The molecule has 3 nitrogen and oxygen atoms in total. The Bertz CT molecular complexity index is 1240. The van der Waals surface area contributed by atoms with Gasteiger partial charge in [0.1, 0.15) is 17.1 Å². The highest BCUT2D eigenvalue weighted by Gasteiger charge is 2.08. The molecule has 134 valence electrons. The highest BCUT2D eigenvalue weighted by atomic mass is 16.3. The summed E-state index contributed by atoms with van der Waals surface area (Å²) in [4.78, 5) is 7.79. The van der Waals surface area contributed by atoms with Crippen LogP contribution in [0.3, 0.4) is 0 Å². The van der Waals surface area contributed by atoms with Crippen molar-refractivity contribution in [2.75, 3.05) is 0 Å². The molecule has 0 amide bonds. The summed E-state index contributed by atoms with van der Waals surface area (Å²) in [6.07, 6.45) is 0. The van der Waals surface area contributed by atoms with Crippen LogP contribution in [0.5, 0.6) is 5.75 Å². The Morgan fingerprint density at radius 1 is 0.536 bits per heavy atom. The topological polar surface area (TPSA) is 48.9 Å². The fourth-order valence-corrected chi connectivity index (χ4v) is 3.46. The Labute approximate surface area is 163 Å². The van der Waals surface area contributed by atoms with Crippen LogP contribution in [0.2, 0.25) is 0 Å².